The van der Waals surface area contributed by atoms with E-state index >= 15 is 0 Å². The van der Waals surface area contributed by atoms with Crippen molar-refractivity contribution in [2.45, 2.75) is 31.1 Å². The summed E-state index contributed by atoms with van der Waals surface area (Å²) in [6, 6.07) is 21.5. The molecule has 0 fully saturated rings. The van der Waals surface area contributed by atoms with E-state index in [2.05, 4.69) is 72.6 Å². The Bertz CT molecular complexity index is 520. The van der Waals surface area contributed by atoms with E-state index in [0.29, 0.717) is 15.0 Å². The van der Waals surface area contributed by atoms with Crippen LogP contribution in [-0.4, -0.2) is 15.0 Å². The second-order valence-corrected chi connectivity index (χ2v) is 7.71. The van der Waals surface area contributed by atoms with Crippen LogP contribution in [0.2, 0.25) is 0 Å². The van der Waals surface area contributed by atoms with E-state index in [1.165, 1.54) is 33.5 Å². The van der Waals surface area contributed by atoms with Gasteiger partial charge in [0, 0.05) is 0 Å². The molecule has 0 aromatic heterocycles. The molecule has 0 saturated heterocycles. The van der Waals surface area contributed by atoms with Gasteiger partial charge in [-0.1, -0.05) is 0 Å². The van der Waals surface area contributed by atoms with E-state index in [1.54, 1.807) is 0 Å². The van der Waals surface area contributed by atoms with Crippen LogP contribution in [0.25, 0.3) is 0 Å². The average molecular weight is 347 g/mol. The van der Waals surface area contributed by atoms with E-state index in [0.717, 1.165) is 0 Å². The van der Waals surface area contributed by atoms with Crippen LogP contribution in [0.4, 0.5) is 0 Å². The van der Waals surface area contributed by atoms with Crippen molar-refractivity contribution < 1.29 is 0 Å². The fraction of sp³-hybridized carbons (Fsp3) is 0.222. The third kappa shape index (κ3) is 5.58. The molecule has 0 saturated carbocycles. The monoisotopic (exact) mass is 348 g/mol. The van der Waals surface area contributed by atoms with Crippen molar-refractivity contribution in [1.29, 1.82) is 0 Å². The number of thioether (sulfide) groups is 1. The van der Waals surface area contributed by atoms with E-state index in [9.17, 15) is 0 Å². The Morgan fingerprint density at radius 3 is 2.30 bits per heavy atom. The van der Waals surface area contributed by atoms with Gasteiger partial charge in [-0.3, -0.25) is 0 Å². The van der Waals surface area contributed by atoms with Crippen molar-refractivity contribution in [2.75, 3.05) is 0 Å². The molecule has 0 radical (unpaired) electrons. The van der Waals surface area contributed by atoms with Crippen molar-refractivity contribution in [3.8, 4) is 0 Å². The zero-order valence-electron chi connectivity index (χ0n) is 11.8. The molecule has 0 amide bonds. The van der Waals surface area contributed by atoms with Crippen molar-refractivity contribution in [3.63, 3.8) is 0 Å². The first-order valence-electron chi connectivity index (χ1n) is 7.02. The van der Waals surface area contributed by atoms with Gasteiger partial charge in [0.25, 0.3) is 0 Å². The summed E-state index contributed by atoms with van der Waals surface area (Å²) in [5.74, 6) is 0. The molecule has 2 aromatic carbocycles. The maximum absolute atomic E-state index is 2.45. The number of rotatable bonds is 7. The minimum absolute atomic E-state index is 0.437. The summed E-state index contributed by atoms with van der Waals surface area (Å²) in [4.78, 5) is 5.32. The molecule has 2 aromatic rings. The molecule has 0 atom stereocenters. The van der Waals surface area contributed by atoms with Crippen LogP contribution >= 0.6 is 11.8 Å². The molecule has 0 spiro atoms. The van der Waals surface area contributed by atoms with Crippen LogP contribution in [0.3, 0.4) is 0 Å². The molecule has 0 N–H and O–H groups in total. The van der Waals surface area contributed by atoms with Gasteiger partial charge in [-0.2, -0.15) is 0 Å². The molecular formula is C18H20SSe. The molecular weight excluding hydrogens is 327 g/mol. The fourth-order valence-electron chi connectivity index (χ4n) is 1.76. The van der Waals surface area contributed by atoms with Crippen LogP contribution < -0.4 is 4.46 Å². The van der Waals surface area contributed by atoms with Crippen molar-refractivity contribution in [3.05, 3.63) is 70.5 Å². The van der Waals surface area contributed by atoms with Crippen LogP contribution in [-0.2, 0) is 0 Å². The zero-order valence-corrected chi connectivity index (χ0v) is 14.3. The van der Waals surface area contributed by atoms with Gasteiger partial charge in [0.05, 0.1) is 0 Å². The van der Waals surface area contributed by atoms with Gasteiger partial charge >= 0.3 is 133 Å². The molecule has 0 nitrogen and oxygen atoms in total. The summed E-state index contributed by atoms with van der Waals surface area (Å²) in [5.41, 5.74) is 0. The predicted octanol–water partition coefficient (Wildman–Crippen LogP) is 4.84. The molecule has 20 heavy (non-hydrogen) atoms. The molecule has 0 aliphatic carbocycles. The Labute approximate surface area is 132 Å². The second-order valence-electron chi connectivity index (χ2n) is 4.53. The van der Waals surface area contributed by atoms with Gasteiger partial charge < -0.3 is 0 Å². The Kier molecular flexibility index (Phi) is 7.00. The van der Waals surface area contributed by atoms with Gasteiger partial charge in [-0.05, 0) is 0 Å². The van der Waals surface area contributed by atoms with Gasteiger partial charge in [-0.15, -0.1) is 0 Å². The first-order valence-corrected chi connectivity index (χ1v) is 9.68. The molecule has 0 aliphatic heterocycles. The Morgan fingerprint density at radius 1 is 1.00 bits per heavy atom. The molecule has 0 unspecified atom stereocenters. The van der Waals surface area contributed by atoms with Crippen molar-refractivity contribution in [1.82, 2.24) is 0 Å². The Morgan fingerprint density at radius 2 is 1.65 bits per heavy atom. The zero-order chi connectivity index (χ0) is 14.0. The van der Waals surface area contributed by atoms with Crippen LogP contribution in [0.15, 0.2) is 75.4 Å². The fourth-order valence-corrected chi connectivity index (χ4v) is 4.67. The third-order valence-corrected chi connectivity index (χ3v) is 6.25. The second kappa shape index (κ2) is 9.07. The van der Waals surface area contributed by atoms with Crippen LogP contribution in [0.5, 0.6) is 0 Å². The normalized spacial score (nSPS) is 11.6. The quantitative estimate of drug-likeness (QED) is 0.510. The van der Waals surface area contributed by atoms with Gasteiger partial charge in [0.15, 0.2) is 0 Å². The van der Waals surface area contributed by atoms with Crippen molar-refractivity contribution >= 4 is 31.2 Å². The SMILES string of the molecule is CCCC/C(=C/[Se]c1ccccc1)Sc1ccccc1. The molecule has 0 bridgehead atoms. The summed E-state index contributed by atoms with van der Waals surface area (Å²) in [7, 11) is 0. The number of allylic oxidation sites excluding steroid dienone is 1. The summed E-state index contributed by atoms with van der Waals surface area (Å²) in [5, 5.41) is 0. The minimum atomic E-state index is 0.437. The summed E-state index contributed by atoms with van der Waals surface area (Å²) in [6.07, 6.45) is 3.73. The van der Waals surface area contributed by atoms with Crippen molar-refractivity contribution in [2.24, 2.45) is 0 Å². The van der Waals surface area contributed by atoms with Gasteiger partial charge in [0.2, 0.25) is 0 Å². The van der Waals surface area contributed by atoms with Gasteiger partial charge in [-0.25, -0.2) is 0 Å². The van der Waals surface area contributed by atoms with Crippen LogP contribution in [0.1, 0.15) is 26.2 Å². The molecule has 0 heterocycles. The molecule has 2 heteroatoms. The van der Waals surface area contributed by atoms with E-state index < -0.39 is 0 Å². The first kappa shape index (κ1) is 15.4. The number of unbranched alkanes of at least 4 members (excludes halogenated alkanes) is 1. The molecule has 2 rings (SSSR count). The maximum atomic E-state index is 2.45. The topological polar surface area (TPSA) is 0 Å². The predicted molar refractivity (Wildman–Crippen MR) is 91.7 cm³/mol. The number of hydrogen-bond donors (Lipinski definition) is 0. The molecule has 0 aliphatic rings. The molecule has 104 valence electrons. The summed E-state index contributed by atoms with van der Waals surface area (Å²) >= 11 is 2.36. The van der Waals surface area contributed by atoms with E-state index in [-0.39, 0.29) is 0 Å². The first-order chi connectivity index (χ1) is 9.88. The summed E-state index contributed by atoms with van der Waals surface area (Å²) < 4.78 is 1.45. The van der Waals surface area contributed by atoms with Gasteiger partial charge in [0.1, 0.15) is 0 Å². The van der Waals surface area contributed by atoms with Crippen LogP contribution in [0, 0.1) is 0 Å². The number of hydrogen-bond acceptors (Lipinski definition) is 1. The van der Waals surface area contributed by atoms with E-state index in [4.69, 9.17) is 0 Å². The Balaban J connectivity index is 2.02. The third-order valence-electron chi connectivity index (χ3n) is 2.84. The Hall–Kier alpha value is -0.951. The average Bonchev–Trinajstić information content (AvgIpc) is 2.52. The van der Waals surface area contributed by atoms with E-state index in [1.807, 2.05) is 11.8 Å². The standard InChI is InChI=1S/C18H20SSe/c1-2-3-10-17(19-16-11-6-4-7-12-16)15-20-18-13-8-5-9-14-18/h4-9,11-15H,2-3,10H2,1H3/b17-15-. The summed E-state index contributed by atoms with van der Waals surface area (Å²) in [6.45, 7) is 2.26. The number of benzene rings is 2.